The van der Waals surface area contributed by atoms with Crippen molar-refractivity contribution < 1.29 is 17.6 Å². The van der Waals surface area contributed by atoms with Gasteiger partial charge in [0.25, 0.3) is 5.91 Å². The molecule has 2 heterocycles. The van der Waals surface area contributed by atoms with Gasteiger partial charge in [-0.15, -0.1) is 0 Å². The van der Waals surface area contributed by atoms with Crippen molar-refractivity contribution in [3.63, 3.8) is 0 Å². The third-order valence-corrected chi connectivity index (χ3v) is 7.76. The van der Waals surface area contributed by atoms with Gasteiger partial charge in [-0.25, -0.2) is 8.42 Å². The highest BCUT2D eigenvalue weighted by Crippen LogP contribution is 2.31. The largest absolute Gasteiger partial charge is 0.451 e. The first-order valence-corrected chi connectivity index (χ1v) is 12.2. The Morgan fingerprint density at radius 3 is 2.62 bits per heavy atom. The van der Waals surface area contributed by atoms with Crippen LogP contribution < -0.4 is 0 Å². The average Bonchev–Trinajstić information content (AvgIpc) is 3.20. The minimum Gasteiger partial charge on any atom is -0.451 e. The average molecular weight is 497 g/mol. The fourth-order valence-electron chi connectivity index (χ4n) is 3.70. The van der Waals surface area contributed by atoms with Crippen LogP contribution in [0.25, 0.3) is 11.0 Å². The molecule has 152 valence electrons. The Balaban J connectivity index is 1.73. The smallest absolute Gasteiger partial charge is 0.290 e. The second-order valence-corrected chi connectivity index (χ2v) is 10.9. The predicted octanol–water partition coefficient (Wildman–Crippen LogP) is 4.99. The molecular weight excluding hydrogens is 478 g/mol. The van der Waals surface area contributed by atoms with Gasteiger partial charge in [-0.05, 0) is 49.2 Å². The molecule has 1 aliphatic rings. The fraction of sp³-hybridized carbons (Fsp3) is 0.286. The van der Waals surface area contributed by atoms with Crippen molar-refractivity contribution in [1.82, 2.24) is 4.90 Å². The Labute approximate surface area is 182 Å². The predicted molar refractivity (Wildman–Crippen MR) is 117 cm³/mol. The molecule has 1 atom stereocenters. The molecule has 1 saturated heterocycles. The van der Waals surface area contributed by atoms with Crippen LogP contribution in [0.1, 0.15) is 28.1 Å². The van der Waals surface area contributed by atoms with Crippen molar-refractivity contribution in [1.29, 1.82) is 0 Å². The Morgan fingerprint density at radius 2 is 1.97 bits per heavy atom. The van der Waals surface area contributed by atoms with Gasteiger partial charge in [-0.3, -0.25) is 4.79 Å². The third kappa shape index (κ3) is 4.22. The molecule has 5 nitrogen and oxygen atoms in total. The highest BCUT2D eigenvalue weighted by Gasteiger charge is 2.36. The molecule has 0 bridgehead atoms. The van der Waals surface area contributed by atoms with Gasteiger partial charge in [0.05, 0.1) is 11.5 Å². The van der Waals surface area contributed by atoms with E-state index in [1.165, 1.54) is 0 Å². The lowest BCUT2D eigenvalue weighted by Crippen LogP contribution is -2.40. The summed E-state index contributed by atoms with van der Waals surface area (Å²) in [6, 6.07) is 12.4. The van der Waals surface area contributed by atoms with E-state index in [1.54, 1.807) is 17.0 Å². The van der Waals surface area contributed by atoms with Crippen LogP contribution in [0.3, 0.4) is 0 Å². The molecule has 8 heteroatoms. The third-order valence-electron chi connectivity index (χ3n) is 5.27. The molecule has 29 heavy (non-hydrogen) atoms. The normalized spacial score (nSPS) is 18.2. The molecule has 0 spiro atoms. The maximum absolute atomic E-state index is 13.5. The number of nitrogens with zero attached hydrogens (tertiary/aromatic N) is 1. The maximum atomic E-state index is 13.5. The quantitative estimate of drug-likeness (QED) is 0.510. The molecule has 0 radical (unpaired) electrons. The summed E-state index contributed by atoms with van der Waals surface area (Å²) in [5, 5.41) is 1.46. The number of amides is 1. The lowest BCUT2D eigenvalue weighted by atomic mass is 10.1. The van der Waals surface area contributed by atoms with E-state index in [4.69, 9.17) is 16.0 Å². The number of halogens is 2. The van der Waals surface area contributed by atoms with Crippen molar-refractivity contribution >= 4 is 54.2 Å². The number of furan rings is 1. The minimum absolute atomic E-state index is 0.0306. The molecule has 1 fully saturated rings. The topological polar surface area (TPSA) is 67.6 Å². The van der Waals surface area contributed by atoms with E-state index >= 15 is 0 Å². The van der Waals surface area contributed by atoms with Crippen LogP contribution in [-0.2, 0) is 16.4 Å². The molecule has 0 unspecified atom stereocenters. The van der Waals surface area contributed by atoms with E-state index in [9.17, 15) is 13.2 Å². The SMILES string of the molecule is Cc1c(C(=O)N(Cc2ccc(Cl)cc2)[C@H]2CCS(=O)(=O)C2)oc2ccc(Br)cc12. The number of carbonyl (C=O) groups is 1. The molecule has 0 saturated carbocycles. The summed E-state index contributed by atoms with van der Waals surface area (Å²) >= 11 is 9.41. The zero-order chi connectivity index (χ0) is 20.8. The number of fused-ring (bicyclic) bond motifs is 1. The van der Waals surface area contributed by atoms with Crippen LogP contribution in [-0.4, -0.2) is 36.8 Å². The van der Waals surface area contributed by atoms with E-state index in [0.717, 1.165) is 21.0 Å². The highest BCUT2D eigenvalue weighted by atomic mass is 79.9. The first kappa shape index (κ1) is 20.4. The van der Waals surface area contributed by atoms with Crippen LogP contribution in [0, 0.1) is 6.92 Å². The molecule has 0 aliphatic carbocycles. The number of hydrogen-bond acceptors (Lipinski definition) is 4. The lowest BCUT2D eigenvalue weighted by molar-refractivity contribution is 0.0649. The van der Waals surface area contributed by atoms with E-state index < -0.39 is 9.84 Å². The molecule has 1 aliphatic heterocycles. The first-order valence-electron chi connectivity index (χ1n) is 9.18. The second-order valence-electron chi connectivity index (χ2n) is 7.31. The summed E-state index contributed by atoms with van der Waals surface area (Å²) in [5.74, 6) is 0.00823. The van der Waals surface area contributed by atoms with E-state index in [2.05, 4.69) is 15.9 Å². The van der Waals surface area contributed by atoms with E-state index in [-0.39, 0.29) is 35.8 Å². The molecule has 0 N–H and O–H groups in total. The standard InChI is InChI=1S/C21H19BrClNO4S/c1-13-18-10-15(22)4-7-19(18)28-20(13)21(25)24(17-8-9-29(26,27)12-17)11-14-2-5-16(23)6-3-14/h2-7,10,17H,8-9,11-12H2,1H3/t17-/m0/s1. The minimum atomic E-state index is -3.15. The van der Waals surface area contributed by atoms with Crippen LogP contribution in [0.5, 0.6) is 0 Å². The van der Waals surface area contributed by atoms with Crippen molar-refractivity contribution in [3.05, 3.63) is 68.8 Å². The zero-order valence-electron chi connectivity index (χ0n) is 15.7. The molecular formula is C21H19BrClNO4S. The van der Waals surface area contributed by atoms with Gasteiger partial charge in [0.1, 0.15) is 5.58 Å². The summed E-state index contributed by atoms with van der Waals surface area (Å²) in [7, 11) is -3.15. The van der Waals surface area contributed by atoms with E-state index in [1.807, 2.05) is 37.3 Å². The van der Waals surface area contributed by atoms with Gasteiger partial charge < -0.3 is 9.32 Å². The number of carbonyl (C=O) groups excluding carboxylic acids is 1. The van der Waals surface area contributed by atoms with Gasteiger partial charge in [0, 0.05) is 33.0 Å². The Hall–Kier alpha value is -1.83. The molecule has 2 aromatic carbocycles. The second kappa shape index (κ2) is 7.78. The summed E-state index contributed by atoms with van der Waals surface area (Å²) in [6.45, 7) is 2.13. The summed E-state index contributed by atoms with van der Waals surface area (Å²) in [6.07, 6.45) is 0.423. The van der Waals surface area contributed by atoms with Gasteiger partial charge in [-0.2, -0.15) is 0 Å². The van der Waals surface area contributed by atoms with Gasteiger partial charge in [0.2, 0.25) is 0 Å². The number of rotatable bonds is 4. The van der Waals surface area contributed by atoms with Gasteiger partial charge in [-0.1, -0.05) is 39.7 Å². The summed E-state index contributed by atoms with van der Waals surface area (Å²) in [4.78, 5) is 15.1. The first-order chi connectivity index (χ1) is 13.7. The lowest BCUT2D eigenvalue weighted by Gasteiger charge is -2.28. The molecule has 3 aromatic rings. The Kier molecular flexibility index (Phi) is 5.48. The fourth-order valence-corrected chi connectivity index (χ4v) is 5.92. The van der Waals surface area contributed by atoms with Crippen molar-refractivity contribution in [2.75, 3.05) is 11.5 Å². The van der Waals surface area contributed by atoms with Gasteiger partial charge in [0.15, 0.2) is 15.6 Å². The number of hydrogen-bond donors (Lipinski definition) is 0. The maximum Gasteiger partial charge on any atom is 0.290 e. The molecule has 1 amide bonds. The molecule has 1 aromatic heterocycles. The molecule has 4 rings (SSSR count). The number of sulfone groups is 1. The summed E-state index contributed by atoms with van der Waals surface area (Å²) < 4.78 is 30.9. The van der Waals surface area contributed by atoms with Crippen LogP contribution in [0.15, 0.2) is 51.4 Å². The Morgan fingerprint density at radius 1 is 1.24 bits per heavy atom. The summed E-state index contributed by atoms with van der Waals surface area (Å²) in [5.41, 5.74) is 2.25. The van der Waals surface area contributed by atoms with Crippen molar-refractivity contribution in [2.24, 2.45) is 0 Å². The Bertz CT molecular complexity index is 1190. The van der Waals surface area contributed by atoms with Crippen LogP contribution in [0.4, 0.5) is 0 Å². The number of benzene rings is 2. The van der Waals surface area contributed by atoms with Gasteiger partial charge >= 0.3 is 0 Å². The van der Waals surface area contributed by atoms with Crippen molar-refractivity contribution in [2.45, 2.75) is 25.9 Å². The van der Waals surface area contributed by atoms with Crippen LogP contribution >= 0.6 is 27.5 Å². The number of aryl methyl sites for hydroxylation is 1. The highest BCUT2D eigenvalue weighted by molar-refractivity contribution is 9.10. The zero-order valence-corrected chi connectivity index (χ0v) is 18.9. The van der Waals surface area contributed by atoms with Crippen molar-refractivity contribution in [3.8, 4) is 0 Å². The van der Waals surface area contributed by atoms with Crippen LogP contribution in [0.2, 0.25) is 5.02 Å². The van der Waals surface area contributed by atoms with E-state index in [0.29, 0.717) is 17.0 Å². The monoisotopic (exact) mass is 495 g/mol.